The maximum atomic E-state index is 6.55. The first-order valence-electron chi connectivity index (χ1n) is 6.76. The maximum Gasteiger partial charge on any atom is 0.0759 e. The Morgan fingerprint density at radius 2 is 2.05 bits per heavy atom. The number of hydrogen-bond acceptors (Lipinski definition) is 2. The van der Waals surface area contributed by atoms with E-state index in [0.717, 1.165) is 25.1 Å². The Balaban J connectivity index is 2.23. The van der Waals surface area contributed by atoms with Gasteiger partial charge in [-0.2, -0.15) is 0 Å². The van der Waals surface area contributed by atoms with Gasteiger partial charge in [-0.25, -0.2) is 0 Å². The van der Waals surface area contributed by atoms with Crippen LogP contribution < -0.4 is 11.1 Å². The van der Waals surface area contributed by atoms with Crippen LogP contribution in [0.3, 0.4) is 0 Å². The van der Waals surface area contributed by atoms with E-state index in [1.807, 2.05) is 18.2 Å². The van der Waals surface area contributed by atoms with Crippen molar-refractivity contribution in [2.45, 2.75) is 30.7 Å². The van der Waals surface area contributed by atoms with E-state index in [0.29, 0.717) is 0 Å². The number of alkyl halides is 1. The number of hydrogen-bond donors (Lipinski definition) is 2. The van der Waals surface area contributed by atoms with Gasteiger partial charge in [0.05, 0.1) is 10.9 Å². The van der Waals surface area contributed by atoms with E-state index in [1.54, 1.807) is 0 Å². The molecule has 3 heteroatoms. The third-order valence-electron chi connectivity index (χ3n) is 3.45. The smallest absolute Gasteiger partial charge is 0.0759 e. The third kappa shape index (κ3) is 3.40. The van der Waals surface area contributed by atoms with Gasteiger partial charge >= 0.3 is 0 Å². The molecule has 0 spiro atoms. The normalized spacial score (nSPS) is 26.2. The second kappa shape index (κ2) is 6.27. The second-order valence-corrected chi connectivity index (χ2v) is 5.50. The van der Waals surface area contributed by atoms with Crippen molar-refractivity contribution in [3.63, 3.8) is 0 Å². The lowest BCUT2D eigenvalue weighted by atomic mass is 9.83. The van der Waals surface area contributed by atoms with Gasteiger partial charge in [0.25, 0.3) is 0 Å². The van der Waals surface area contributed by atoms with E-state index in [9.17, 15) is 0 Å². The first kappa shape index (κ1) is 14.2. The summed E-state index contributed by atoms with van der Waals surface area (Å²) in [5, 5.41) is 3.45. The van der Waals surface area contributed by atoms with Gasteiger partial charge in [0, 0.05) is 5.70 Å². The highest BCUT2D eigenvalue weighted by atomic mass is 35.5. The molecule has 1 aliphatic rings. The molecule has 0 radical (unpaired) electrons. The summed E-state index contributed by atoms with van der Waals surface area (Å²) in [5.41, 5.74) is 7.59. The van der Waals surface area contributed by atoms with Crippen LogP contribution in [0.1, 0.15) is 18.9 Å². The standard InChI is InChI=1S/C16H21ClN2/c1-2-10-19-16(9-8-14(18)11-15(16)17)12-13-6-4-3-5-7-13/h3-9,11,15,19H,2,10,12,18H2,1H3. The molecule has 0 saturated heterocycles. The van der Waals surface area contributed by atoms with E-state index >= 15 is 0 Å². The van der Waals surface area contributed by atoms with Gasteiger partial charge in [0.15, 0.2) is 0 Å². The predicted molar refractivity (Wildman–Crippen MR) is 82.2 cm³/mol. The molecule has 0 saturated carbocycles. The van der Waals surface area contributed by atoms with Crippen LogP contribution in [0.5, 0.6) is 0 Å². The molecule has 19 heavy (non-hydrogen) atoms. The Kier molecular flexibility index (Phi) is 4.67. The molecular formula is C16H21ClN2. The monoisotopic (exact) mass is 276 g/mol. The van der Waals surface area contributed by atoms with Crippen molar-refractivity contribution in [2.75, 3.05) is 6.54 Å². The zero-order valence-corrected chi connectivity index (χ0v) is 12.0. The van der Waals surface area contributed by atoms with Crippen molar-refractivity contribution in [2.24, 2.45) is 5.73 Å². The molecule has 102 valence electrons. The summed E-state index contributed by atoms with van der Waals surface area (Å²) in [5.74, 6) is 0. The number of allylic oxidation sites excluding steroid dienone is 1. The van der Waals surface area contributed by atoms with E-state index < -0.39 is 0 Å². The summed E-state index contributed by atoms with van der Waals surface area (Å²) < 4.78 is 0. The van der Waals surface area contributed by atoms with Crippen molar-refractivity contribution in [3.8, 4) is 0 Å². The van der Waals surface area contributed by atoms with Gasteiger partial charge in [0.2, 0.25) is 0 Å². The summed E-state index contributed by atoms with van der Waals surface area (Å²) in [6.07, 6.45) is 7.93. The highest BCUT2D eigenvalue weighted by molar-refractivity contribution is 6.23. The number of halogens is 1. The minimum absolute atomic E-state index is 0.135. The van der Waals surface area contributed by atoms with Crippen LogP contribution in [-0.4, -0.2) is 17.5 Å². The van der Waals surface area contributed by atoms with Crippen LogP contribution in [0.4, 0.5) is 0 Å². The molecule has 3 N–H and O–H groups in total. The van der Waals surface area contributed by atoms with E-state index in [-0.39, 0.29) is 10.9 Å². The molecule has 1 aliphatic carbocycles. The summed E-state index contributed by atoms with van der Waals surface area (Å²) >= 11 is 6.55. The lowest BCUT2D eigenvalue weighted by molar-refractivity contribution is 0.403. The van der Waals surface area contributed by atoms with Crippen LogP contribution in [0.2, 0.25) is 0 Å². The molecule has 2 atom stereocenters. The lowest BCUT2D eigenvalue weighted by Crippen LogP contribution is -2.53. The number of nitrogens with one attached hydrogen (secondary N) is 1. The number of rotatable bonds is 5. The fourth-order valence-corrected chi connectivity index (χ4v) is 2.75. The Morgan fingerprint density at radius 1 is 1.32 bits per heavy atom. The highest BCUT2D eigenvalue weighted by Crippen LogP contribution is 2.28. The van der Waals surface area contributed by atoms with Crippen molar-refractivity contribution in [3.05, 3.63) is 59.8 Å². The third-order valence-corrected chi connectivity index (χ3v) is 3.96. The van der Waals surface area contributed by atoms with Crippen molar-refractivity contribution in [1.29, 1.82) is 0 Å². The van der Waals surface area contributed by atoms with Gasteiger partial charge in [-0.15, -0.1) is 11.6 Å². The first-order chi connectivity index (χ1) is 9.16. The molecule has 0 heterocycles. The Morgan fingerprint density at radius 3 is 2.68 bits per heavy atom. The molecule has 1 aromatic carbocycles. The van der Waals surface area contributed by atoms with Gasteiger partial charge < -0.3 is 11.1 Å². The fraction of sp³-hybridized carbons (Fsp3) is 0.375. The zero-order chi connectivity index (χ0) is 13.7. The summed E-state index contributed by atoms with van der Waals surface area (Å²) in [7, 11) is 0. The average molecular weight is 277 g/mol. The Bertz CT molecular complexity index is 467. The minimum atomic E-state index is -0.248. The second-order valence-electron chi connectivity index (χ2n) is 5.03. The predicted octanol–water partition coefficient (Wildman–Crippen LogP) is 2.99. The summed E-state index contributed by atoms with van der Waals surface area (Å²) in [6, 6.07) is 10.4. The Hall–Kier alpha value is -1.25. The lowest BCUT2D eigenvalue weighted by Gasteiger charge is -2.37. The molecule has 2 nitrogen and oxygen atoms in total. The molecule has 0 aromatic heterocycles. The maximum absolute atomic E-state index is 6.55. The van der Waals surface area contributed by atoms with Crippen LogP contribution in [-0.2, 0) is 6.42 Å². The quantitative estimate of drug-likeness (QED) is 0.812. The molecule has 2 unspecified atom stereocenters. The van der Waals surface area contributed by atoms with Crippen LogP contribution in [0.25, 0.3) is 0 Å². The average Bonchev–Trinajstić information content (AvgIpc) is 2.42. The molecule has 2 rings (SSSR count). The van der Waals surface area contributed by atoms with Gasteiger partial charge in [-0.1, -0.05) is 43.3 Å². The molecule has 1 aromatic rings. The Labute approximate surface area is 120 Å². The number of nitrogens with two attached hydrogens (primary N) is 1. The first-order valence-corrected chi connectivity index (χ1v) is 7.19. The molecular weight excluding hydrogens is 256 g/mol. The van der Waals surface area contributed by atoms with Gasteiger partial charge in [0.1, 0.15) is 0 Å². The highest BCUT2D eigenvalue weighted by Gasteiger charge is 2.35. The largest absolute Gasteiger partial charge is 0.399 e. The van der Waals surface area contributed by atoms with Crippen LogP contribution >= 0.6 is 11.6 Å². The van der Waals surface area contributed by atoms with E-state index in [4.69, 9.17) is 17.3 Å². The molecule has 0 aliphatic heterocycles. The SMILES string of the molecule is CCCNC1(Cc2ccccc2)C=CC(N)=CC1Cl. The number of benzene rings is 1. The van der Waals surface area contributed by atoms with Gasteiger partial charge in [-0.05, 0) is 37.1 Å². The van der Waals surface area contributed by atoms with Crippen LogP contribution in [0, 0.1) is 0 Å². The fourth-order valence-electron chi connectivity index (χ4n) is 2.38. The zero-order valence-electron chi connectivity index (χ0n) is 11.3. The topological polar surface area (TPSA) is 38.0 Å². The molecule has 0 fully saturated rings. The van der Waals surface area contributed by atoms with Gasteiger partial charge in [-0.3, -0.25) is 0 Å². The van der Waals surface area contributed by atoms with Crippen molar-refractivity contribution in [1.82, 2.24) is 5.32 Å². The van der Waals surface area contributed by atoms with E-state index in [2.05, 4.69) is 42.6 Å². The summed E-state index contributed by atoms with van der Waals surface area (Å²) in [6.45, 7) is 3.09. The molecule has 0 bridgehead atoms. The molecule has 0 amide bonds. The summed E-state index contributed by atoms with van der Waals surface area (Å²) in [4.78, 5) is 0. The van der Waals surface area contributed by atoms with Crippen LogP contribution in [0.15, 0.2) is 54.3 Å². The van der Waals surface area contributed by atoms with Crippen molar-refractivity contribution < 1.29 is 0 Å². The minimum Gasteiger partial charge on any atom is -0.399 e. The van der Waals surface area contributed by atoms with Crippen molar-refractivity contribution >= 4 is 11.6 Å². The van der Waals surface area contributed by atoms with E-state index in [1.165, 1.54) is 5.56 Å².